The minimum atomic E-state index is -0.0484. The fourth-order valence-electron chi connectivity index (χ4n) is 2.38. The van der Waals surface area contributed by atoms with Gasteiger partial charge < -0.3 is 14.9 Å². The van der Waals surface area contributed by atoms with E-state index < -0.39 is 0 Å². The second kappa shape index (κ2) is 5.41. The summed E-state index contributed by atoms with van der Waals surface area (Å²) in [6, 6.07) is 1.86. The quantitative estimate of drug-likeness (QED) is 0.781. The maximum Gasteiger partial charge on any atom is 0.255 e. The lowest BCUT2D eigenvalue weighted by atomic mass is 10.0. The Morgan fingerprint density at radius 3 is 2.78 bits per heavy atom. The number of nitrogens with zero attached hydrogens (tertiary/aromatic N) is 4. The Hall–Kier alpha value is -1.53. The van der Waals surface area contributed by atoms with Gasteiger partial charge in [0.05, 0.1) is 18.0 Å². The fourth-order valence-corrected chi connectivity index (χ4v) is 2.38. The van der Waals surface area contributed by atoms with Gasteiger partial charge in [-0.05, 0) is 20.2 Å². The van der Waals surface area contributed by atoms with Gasteiger partial charge in [-0.25, -0.2) is 0 Å². The predicted molar refractivity (Wildman–Crippen MR) is 66.0 cm³/mol. The molecule has 0 radical (unpaired) electrons. The van der Waals surface area contributed by atoms with E-state index in [-0.39, 0.29) is 24.5 Å². The molecule has 0 aromatic carbocycles. The van der Waals surface area contributed by atoms with Gasteiger partial charge in [-0.15, -0.1) is 0 Å². The minimum absolute atomic E-state index is 0.0484. The highest BCUT2D eigenvalue weighted by Crippen LogP contribution is 2.21. The summed E-state index contributed by atoms with van der Waals surface area (Å²) >= 11 is 0. The first-order chi connectivity index (χ1) is 8.63. The molecule has 1 aliphatic heterocycles. The third-order valence-corrected chi connectivity index (χ3v) is 3.42. The van der Waals surface area contributed by atoms with E-state index in [4.69, 9.17) is 0 Å². The molecule has 1 saturated heterocycles. The topological polar surface area (TPSA) is 69.6 Å². The third-order valence-electron chi connectivity index (χ3n) is 3.42. The highest BCUT2D eigenvalue weighted by molar-refractivity contribution is 5.94. The van der Waals surface area contributed by atoms with Crippen molar-refractivity contribution in [1.82, 2.24) is 20.0 Å². The highest BCUT2D eigenvalue weighted by atomic mass is 16.3. The largest absolute Gasteiger partial charge is 0.396 e. The van der Waals surface area contributed by atoms with Gasteiger partial charge in [0, 0.05) is 31.7 Å². The molecule has 18 heavy (non-hydrogen) atoms. The maximum atomic E-state index is 12.2. The lowest BCUT2D eigenvalue weighted by Gasteiger charge is -2.23. The molecule has 0 bridgehead atoms. The van der Waals surface area contributed by atoms with Crippen LogP contribution in [0.2, 0.25) is 0 Å². The minimum Gasteiger partial charge on any atom is -0.396 e. The molecule has 1 fully saturated rings. The van der Waals surface area contributed by atoms with E-state index in [1.165, 1.54) is 12.4 Å². The molecule has 1 amide bonds. The summed E-state index contributed by atoms with van der Waals surface area (Å²) in [6.07, 6.45) is 2.98. The standard InChI is InChI=1S/C12H18N4O2/c1-15(2)11-7-16(6-10(11)8-17)12(18)9-3-4-13-14-5-9/h3-5,10-11,17H,6-8H2,1-2H3/t10-,11+/m0/s1. The summed E-state index contributed by atoms with van der Waals surface area (Å²) in [5, 5.41) is 16.7. The summed E-state index contributed by atoms with van der Waals surface area (Å²) in [5.74, 6) is 0.0615. The third kappa shape index (κ3) is 2.49. The van der Waals surface area contributed by atoms with Crippen molar-refractivity contribution in [3.05, 3.63) is 24.0 Å². The summed E-state index contributed by atoms with van der Waals surface area (Å²) in [6.45, 7) is 1.32. The Bertz CT molecular complexity index is 410. The molecule has 0 unspecified atom stereocenters. The summed E-state index contributed by atoms with van der Waals surface area (Å²) < 4.78 is 0. The van der Waals surface area contributed by atoms with E-state index in [0.29, 0.717) is 18.7 Å². The number of aliphatic hydroxyl groups is 1. The number of carbonyl (C=O) groups is 1. The maximum absolute atomic E-state index is 12.2. The van der Waals surface area contributed by atoms with Crippen LogP contribution in [0.25, 0.3) is 0 Å². The van der Waals surface area contributed by atoms with Crippen LogP contribution in [-0.4, -0.2) is 70.8 Å². The van der Waals surface area contributed by atoms with Crippen LogP contribution in [0.3, 0.4) is 0 Å². The van der Waals surface area contributed by atoms with Crippen molar-refractivity contribution in [3.8, 4) is 0 Å². The van der Waals surface area contributed by atoms with E-state index in [1.54, 1.807) is 11.0 Å². The molecule has 6 heteroatoms. The van der Waals surface area contributed by atoms with Gasteiger partial charge in [-0.1, -0.05) is 0 Å². The van der Waals surface area contributed by atoms with Crippen molar-refractivity contribution < 1.29 is 9.90 Å². The zero-order valence-electron chi connectivity index (χ0n) is 10.7. The molecule has 1 aliphatic rings. The Morgan fingerprint density at radius 1 is 1.50 bits per heavy atom. The number of carbonyl (C=O) groups excluding carboxylic acids is 1. The number of hydrogen-bond donors (Lipinski definition) is 1. The van der Waals surface area contributed by atoms with E-state index in [1.807, 2.05) is 14.1 Å². The number of likely N-dealkylation sites (tertiary alicyclic amines) is 1. The van der Waals surface area contributed by atoms with Crippen molar-refractivity contribution in [1.29, 1.82) is 0 Å². The average molecular weight is 250 g/mol. The zero-order valence-corrected chi connectivity index (χ0v) is 10.7. The smallest absolute Gasteiger partial charge is 0.255 e. The van der Waals surface area contributed by atoms with Crippen LogP contribution in [0.5, 0.6) is 0 Å². The molecule has 2 atom stereocenters. The SMILES string of the molecule is CN(C)[C@@H]1CN(C(=O)c2ccnnc2)C[C@H]1CO. The Balaban J connectivity index is 2.10. The Kier molecular flexibility index (Phi) is 3.88. The number of aromatic nitrogens is 2. The highest BCUT2D eigenvalue weighted by Gasteiger charge is 2.36. The molecule has 1 N–H and O–H groups in total. The van der Waals surface area contributed by atoms with Crippen LogP contribution < -0.4 is 0 Å². The monoisotopic (exact) mass is 250 g/mol. The second-order valence-corrected chi connectivity index (χ2v) is 4.81. The van der Waals surface area contributed by atoms with E-state index in [2.05, 4.69) is 15.1 Å². The van der Waals surface area contributed by atoms with Gasteiger partial charge in [0.2, 0.25) is 0 Å². The van der Waals surface area contributed by atoms with E-state index in [9.17, 15) is 9.90 Å². The van der Waals surface area contributed by atoms with E-state index in [0.717, 1.165) is 0 Å². The van der Waals surface area contributed by atoms with Crippen LogP contribution in [0.15, 0.2) is 18.5 Å². The second-order valence-electron chi connectivity index (χ2n) is 4.81. The lowest BCUT2D eigenvalue weighted by molar-refractivity contribution is 0.0778. The summed E-state index contributed by atoms with van der Waals surface area (Å²) in [4.78, 5) is 16.1. The summed E-state index contributed by atoms with van der Waals surface area (Å²) in [5.41, 5.74) is 0.543. The molecule has 98 valence electrons. The zero-order chi connectivity index (χ0) is 13.1. The van der Waals surface area contributed by atoms with Crippen molar-refractivity contribution in [2.45, 2.75) is 6.04 Å². The summed E-state index contributed by atoms with van der Waals surface area (Å²) in [7, 11) is 3.94. The van der Waals surface area contributed by atoms with Crippen LogP contribution in [-0.2, 0) is 0 Å². The number of likely N-dealkylation sites (N-methyl/N-ethyl adjacent to an activating group) is 1. The Morgan fingerprint density at radius 2 is 2.28 bits per heavy atom. The molecular formula is C12H18N4O2. The van der Waals surface area contributed by atoms with Gasteiger partial charge in [-0.2, -0.15) is 10.2 Å². The van der Waals surface area contributed by atoms with Gasteiger partial charge in [0.25, 0.3) is 5.91 Å². The first kappa shape index (κ1) is 12.9. The van der Waals surface area contributed by atoms with Gasteiger partial charge >= 0.3 is 0 Å². The molecule has 1 aromatic heterocycles. The normalized spacial score (nSPS) is 23.7. The van der Waals surface area contributed by atoms with Crippen LogP contribution in [0, 0.1) is 5.92 Å². The van der Waals surface area contributed by atoms with Crippen molar-refractivity contribution >= 4 is 5.91 Å². The van der Waals surface area contributed by atoms with Crippen molar-refractivity contribution in [2.75, 3.05) is 33.8 Å². The van der Waals surface area contributed by atoms with Crippen molar-refractivity contribution in [2.24, 2.45) is 5.92 Å². The fraction of sp³-hybridized carbons (Fsp3) is 0.583. The van der Waals surface area contributed by atoms with Gasteiger partial charge in [0.15, 0.2) is 0 Å². The number of rotatable bonds is 3. The Labute approximate surface area is 106 Å². The molecule has 0 aliphatic carbocycles. The van der Waals surface area contributed by atoms with Crippen LogP contribution >= 0.6 is 0 Å². The lowest BCUT2D eigenvalue weighted by Crippen LogP contribution is -2.37. The molecule has 0 spiro atoms. The molecule has 2 rings (SSSR count). The molecular weight excluding hydrogens is 232 g/mol. The van der Waals surface area contributed by atoms with E-state index >= 15 is 0 Å². The average Bonchev–Trinajstić information content (AvgIpc) is 2.83. The molecule has 6 nitrogen and oxygen atoms in total. The first-order valence-corrected chi connectivity index (χ1v) is 5.96. The van der Waals surface area contributed by atoms with Crippen molar-refractivity contribution in [3.63, 3.8) is 0 Å². The molecule has 1 aromatic rings. The molecule has 0 saturated carbocycles. The van der Waals surface area contributed by atoms with Gasteiger partial charge in [-0.3, -0.25) is 4.79 Å². The molecule has 2 heterocycles. The predicted octanol–water partition coefficient (Wildman–Crippen LogP) is -0.529. The van der Waals surface area contributed by atoms with Gasteiger partial charge in [0.1, 0.15) is 0 Å². The number of aliphatic hydroxyl groups excluding tert-OH is 1. The number of amides is 1. The van der Waals surface area contributed by atoms with Crippen LogP contribution in [0.4, 0.5) is 0 Å². The van der Waals surface area contributed by atoms with Crippen LogP contribution in [0.1, 0.15) is 10.4 Å². The first-order valence-electron chi connectivity index (χ1n) is 5.96. The number of hydrogen-bond acceptors (Lipinski definition) is 5.